The van der Waals surface area contributed by atoms with Crippen molar-refractivity contribution in [1.29, 1.82) is 0 Å². The molecule has 4 atom stereocenters. The Balaban J connectivity index is 1.33. The number of carbonyl (C=O) groups excluding carboxylic acids is 1. The van der Waals surface area contributed by atoms with Gasteiger partial charge < -0.3 is 15.3 Å². The minimum atomic E-state index is -1.17. The summed E-state index contributed by atoms with van der Waals surface area (Å²) < 4.78 is 12.0. The van der Waals surface area contributed by atoms with Crippen molar-refractivity contribution in [3.8, 4) is 11.4 Å². The van der Waals surface area contributed by atoms with Crippen LogP contribution in [0.3, 0.4) is 0 Å². The smallest absolute Gasteiger partial charge is 0.251 e. The molecule has 0 aliphatic carbocycles. The Hall–Kier alpha value is -3.69. The summed E-state index contributed by atoms with van der Waals surface area (Å²) in [4.78, 5) is 29.9. The molecular formula is C30H33N5O3S. The van der Waals surface area contributed by atoms with Crippen LogP contribution in [0, 0.1) is 18.8 Å². The van der Waals surface area contributed by atoms with E-state index in [1.165, 1.54) is 0 Å². The summed E-state index contributed by atoms with van der Waals surface area (Å²) in [6.07, 6.45) is 3.06. The molecule has 1 fully saturated rings. The average molecular weight is 544 g/mol. The van der Waals surface area contributed by atoms with Crippen LogP contribution in [-0.2, 0) is 17.3 Å². The Morgan fingerprint density at radius 2 is 1.79 bits per heavy atom. The summed E-state index contributed by atoms with van der Waals surface area (Å²) in [5.74, 6) is 0.977. The third kappa shape index (κ3) is 5.84. The van der Waals surface area contributed by atoms with Gasteiger partial charge in [0.2, 0.25) is 0 Å². The lowest BCUT2D eigenvalue weighted by Crippen LogP contribution is -2.47. The summed E-state index contributed by atoms with van der Waals surface area (Å²) in [5, 5.41) is 14.1. The Morgan fingerprint density at radius 1 is 1.05 bits per heavy atom. The number of aryl methyl sites for hydroxylation is 1. The van der Waals surface area contributed by atoms with E-state index in [0.29, 0.717) is 16.2 Å². The first-order chi connectivity index (χ1) is 18.7. The number of aliphatic hydroxyl groups excluding tert-OH is 1. The second-order valence-electron chi connectivity index (χ2n) is 10.4. The number of hydrogen-bond acceptors (Lipinski definition) is 7. The Kier molecular flexibility index (Phi) is 7.72. The largest absolute Gasteiger partial charge is 0.392 e. The number of fused-ring (bicyclic) bond motifs is 1. The zero-order valence-electron chi connectivity index (χ0n) is 22.6. The molecule has 202 valence electrons. The lowest BCUT2D eigenvalue weighted by molar-refractivity contribution is 0.0527. The molecule has 9 heteroatoms. The SMILES string of the molecule is Cc1ccc(C(=O)NCc2cc3nc(-c4cccc(N5C[C@@H](C)C(O)[C@@H](C)C5)n4)ccc3cn2)cc1[S@](C)=O. The minimum absolute atomic E-state index is 0.174. The molecular weight excluding hydrogens is 510 g/mol. The number of benzene rings is 1. The van der Waals surface area contributed by atoms with Crippen LogP contribution in [0.2, 0.25) is 0 Å². The van der Waals surface area contributed by atoms with Gasteiger partial charge in [-0.2, -0.15) is 0 Å². The van der Waals surface area contributed by atoms with Crippen LogP contribution in [0.5, 0.6) is 0 Å². The number of carbonyl (C=O) groups is 1. The van der Waals surface area contributed by atoms with Crippen molar-refractivity contribution in [2.24, 2.45) is 11.8 Å². The summed E-state index contributed by atoms with van der Waals surface area (Å²) in [6.45, 7) is 7.78. The van der Waals surface area contributed by atoms with Gasteiger partial charge in [0.1, 0.15) is 5.82 Å². The fourth-order valence-corrected chi connectivity index (χ4v) is 5.91. The number of anilines is 1. The topological polar surface area (TPSA) is 108 Å². The first-order valence-corrected chi connectivity index (χ1v) is 14.6. The maximum atomic E-state index is 12.7. The molecule has 4 heterocycles. The third-order valence-electron chi connectivity index (χ3n) is 7.32. The highest BCUT2D eigenvalue weighted by atomic mass is 32.2. The Morgan fingerprint density at radius 3 is 2.54 bits per heavy atom. The minimum Gasteiger partial charge on any atom is -0.392 e. The quantitative estimate of drug-likeness (QED) is 0.377. The van der Waals surface area contributed by atoms with Crippen molar-refractivity contribution in [3.05, 3.63) is 77.6 Å². The molecule has 1 aliphatic heterocycles. The summed E-state index contributed by atoms with van der Waals surface area (Å²) >= 11 is 0. The van der Waals surface area contributed by atoms with Crippen LogP contribution < -0.4 is 10.2 Å². The van der Waals surface area contributed by atoms with Crippen molar-refractivity contribution in [2.45, 2.75) is 38.3 Å². The molecule has 1 saturated heterocycles. The summed E-state index contributed by atoms with van der Waals surface area (Å²) in [5.41, 5.74) is 4.33. The fraction of sp³-hybridized carbons (Fsp3) is 0.333. The average Bonchev–Trinajstić information content (AvgIpc) is 2.94. The molecule has 0 spiro atoms. The van der Waals surface area contributed by atoms with E-state index in [9.17, 15) is 14.1 Å². The van der Waals surface area contributed by atoms with E-state index in [4.69, 9.17) is 9.97 Å². The number of nitrogens with one attached hydrogen (secondary N) is 1. The first kappa shape index (κ1) is 26.9. The Bertz CT molecular complexity index is 1550. The van der Waals surface area contributed by atoms with Crippen LogP contribution in [0.4, 0.5) is 5.82 Å². The molecule has 1 amide bonds. The maximum absolute atomic E-state index is 12.7. The predicted molar refractivity (Wildman–Crippen MR) is 154 cm³/mol. The maximum Gasteiger partial charge on any atom is 0.251 e. The van der Waals surface area contributed by atoms with E-state index in [2.05, 4.69) is 29.0 Å². The lowest BCUT2D eigenvalue weighted by Gasteiger charge is -2.39. The van der Waals surface area contributed by atoms with Crippen molar-refractivity contribution in [2.75, 3.05) is 24.2 Å². The van der Waals surface area contributed by atoms with E-state index in [-0.39, 0.29) is 30.4 Å². The van der Waals surface area contributed by atoms with E-state index >= 15 is 0 Å². The molecule has 5 rings (SSSR count). The monoisotopic (exact) mass is 543 g/mol. The highest BCUT2D eigenvalue weighted by Crippen LogP contribution is 2.28. The summed E-state index contributed by atoms with van der Waals surface area (Å²) in [6, 6.07) is 16.9. The van der Waals surface area contributed by atoms with Crippen molar-refractivity contribution in [1.82, 2.24) is 20.3 Å². The van der Waals surface area contributed by atoms with Crippen molar-refractivity contribution in [3.63, 3.8) is 0 Å². The van der Waals surface area contributed by atoms with Crippen molar-refractivity contribution < 1.29 is 14.1 Å². The van der Waals surface area contributed by atoms with Gasteiger partial charge in [0, 0.05) is 41.4 Å². The van der Waals surface area contributed by atoms with Gasteiger partial charge in [-0.05, 0) is 66.8 Å². The molecule has 1 unspecified atom stereocenters. The van der Waals surface area contributed by atoms with E-state index in [1.54, 1.807) is 24.6 Å². The number of hydrogen-bond donors (Lipinski definition) is 2. The predicted octanol–water partition coefficient (Wildman–Crippen LogP) is 4.12. The molecule has 1 aromatic carbocycles. The first-order valence-electron chi connectivity index (χ1n) is 13.1. The lowest BCUT2D eigenvalue weighted by atomic mass is 9.88. The van der Waals surface area contributed by atoms with Gasteiger partial charge in [-0.3, -0.25) is 14.0 Å². The van der Waals surface area contributed by atoms with E-state index in [1.807, 2.05) is 49.4 Å². The number of amides is 1. The molecule has 39 heavy (non-hydrogen) atoms. The van der Waals surface area contributed by atoms with Gasteiger partial charge in [0.25, 0.3) is 5.91 Å². The van der Waals surface area contributed by atoms with Gasteiger partial charge in [-0.1, -0.05) is 26.0 Å². The van der Waals surface area contributed by atoms with E-state index in [0.717, 1.165) is 46.8 Å². The second-order valence-corrected chi connectivity index (χ2v) is 11.8. The highest BCUT2D eigenvalue weighted by molar-refractivity contribution is 7.84. The van der Waals surface area contributed by atoms with Crippen LogP contribution in [0.25, 0.3) is 22.3 Å². The molecule has 3 aromatic heterocycles. The number of aliphatic hydroxyl groups is 1. The number of aromatic nitrogens is 3. The van der Waals surface area contributed by atoms with Gasteiger partial charge in [0.05, 0.1) is 46.0 Å². The molecule has 0 saturated carbocycles. The molecule has 2 N–H and O–H groups in total. The van der Waals surface area contributed by atoms with Crippen LogP contribution >= 0.6 is 0 Å². The zero-order chi connectivity index (χ0) is 27.7. The van der Waals surface area contributed by atoms with Gasteiger partial charge in [0.15, 0.2) is 0 Å². The Labute approximate surface area is 231 Å². The standard InChI is InChI=1S/C30H33N5O3S/c1-18-8-9-21(12-27(18)39(4)38)30(37)32-15-23-13-26-22(14-31-23)10-11-25(33-26)24-6-5-7-28(34-24)35-16-19(2)29(36)20(3)17-35/h5-14,19-20,29,36H,15-17H2,1-4H3,(H,32,37)/t19-,20+,29?,39-/m0/s1. The third-order valence-corrected chi connectivity index (χ3v) is 8.38. The van der Waals surface area contributed by atoms with Gasteiger partial charge in [-0.15, -0.1) is 0 Å². The highest BCUT2D eigenvalue weighted by Gasteiger charge is 2.31. The molecule has 4 aromatic rings. The van der Waals surface area contributed by atoms with Gasteiger partial charge >= 0.3 is 0 Å². The van der Waals surface area contributed by atoms with Crippen LogP contribution in [-0.4, -0.2) is 55.6 Å². The number of rotatable bonds is 6. The number of nitrogens with zero attached hydrogens (tertiary/aromatic N) is 4. The van der Waals surface area contributed by atoms with Gasteiger partial charge in [-0.25, -0.2) is 9.97 Å². The molecule has 8 nitrogen and oxygen atoms in total. The number of pyridine rings is 3. The summed E-state index contributed by atoms with van der Waals surface area (Å²) in [7, 11) is -1.17. The van der Waals surface area contributed by atoms with Crippen LogP contribution in [0.1, 0.15) is 35.5 Å². The molecule has 1 aliphatic rings. The molecule has 0 bridgehead atoms. The second kappa shape index (κ2) is 11.2. The number of piperidine rings is 1. The normalized spacial score (nSPS) is 20.1. The van der Waals surface area contributed by atoms with Crippen molar-refractivity contribution >= 4 is 33.4 Å². The zero-order valence-corrected chi connectivity index (χ0v) is 23.4. The van der Waals surface area contributed by atoms with E-state index < -0.39 is 10.8 Å². The van der Waals surface area contributed by atoms with Crippen LogP contribution in [0.15, 0.2) is 65.7 Å². The molecule has 0 radical (unpaired) electrons. The fourth-order valence-electron chi connectivity index (χ4n) is 5.10.